The summed E-state index contributed by atoms with van der Waals surface area (Å²) in [5, 5.41) is 4.82. The topological polar surface area (TPSA) is 80.3 Å². The molecule has 0 aliphatic rings. The number of methoxy groups -OCH3 is 1. The van der Waals surface area contributed by atoms with Crippen molar-refractivity contribution in [1.82, 2.24) is 15.0 Å². The number of nitrogens with one attached hydrogen (secondary N) is 2. The zero-order valence-corrected chi connectivity index (χ0v) is 13.4. The molecule has 2 heterocycles. The summed E-state index contributed by atoms with van der Waals surface area (Å²) in [6.45, 7) is 0.840. The van der Waals surface area contributed by atoms with Gasteiger partial charge in [0.2, 0.25) is 15.9 Å². The van der Waals surface area contributed by atoms with E-state index in [1.165, 1.54) is 18.4 Å². The highest BCUT2D eigenvalue weighted by Gasteiger charge is 2.16. The Hall–Kier alpha value is -1.48. The van der Waals surface area contributed by atoms with E-state index >= 15 is 0 Å². The zero-order chi connectivity index (χ0) is 15.3. The minimum absolute atomic E-state index is 0.193. The number of rotatable bonds is 7. The number of nitrogens with zero attached hydrogens (tertiary/aromatic N) is 1. The first-order valence-electron chi connectivity index (χ1n) is 6.26. The third-order valence-corrected chi connectivity index (χ3v) is 5.64. The van der Waals surface area contributed by atoms with Crippen molar-refractivity contribution in [2.45, 2.75) is 17.3 Å². The van der Waals surface area contributed by atoms with Gasteiger partial charge in [-0.15, -0.1) is 11.3 Å². The number of pyridine rings is 1. The Morgan fingerprint density at radius 2 is 2.10 bits per heavy atom. The van der Waals surface area contributed by atoms with E-state index in [0.29, 0.717) is 16.6 Å². The fourth-order valence-electron chi connectivity index (χ4n) is 1.68. The Morgan fingerprint density at radius 3 is 2.71 bits per heavy atom. The molecule has 0 saturated carbocycles. The van der Waals surface area contributed by atoms with E-state index in [0.717, 1.165) is 11.1 Å². The predicted molar refractivity (Wildman–Crippen MR) is 81.9 cm³/mol. The molecule has 0 amide bonds. The normalized spacial score (nSPS) is 11.5. The van der Waals surface area contributed by atoms with Crippen LogP contribution in [0.4, 0.5) is 0 Å². The molecule has 2 N–H and O–H groups in total. The van der Waals surface area contributed by atoms with Crippen LogP contribution in [0.25, 0.3) is 0 Å². The molecule has 0 bridgehead atoms. The fraction of sp³-hybridized carbons (Fsp3) is 0.308. The van der Waals surface area contributed by atoms with Crippen LogP contribution in [0.5, 0.6) is 5.88 Å². The summed E-state index contributed by atoms with van der Waals surface area (Å²) >= 11 is 1.21. The fourth-order valence-corrected chi connectivity index (χ4v) is 3.95. The van der Waals surface area contributed by atoms with Crippen LogP contribution in [0.3, 0.4) is 0 Å². The quantitative estimate of drug-likeness (QED) is 0.802. The molecule has 2 rings (SSSR count). The van der Waals surface area contributed by atoms with E-state index < -0.39 is 10.0 Å². The molecule has 0 spiro atoms. The smallest absolute Gasteiger partial charge is 0.250 e. The van der Waals surface area contributed by atoms with Crippen molar-refractivity contribution in [3.8, 4) is 5.88 Å². The second kappa shape index (κ2) is 6.99. The highest BCUT2D eigenvalue weighted by atomic mass is 32.2. The Kier molecular flexibility index (Phi) is 5.29. The Morgan fingerprint density at radius 1 is 1.29 bits per heavy atom. The van der Waals surface area contributed by atoms with Gasteiger partial charge in [-0.25, -0.2) is 18.1 Å². The second-order valence-electron chi connectivity index (χ2n) is 4.34. The molecule has 114 valence electrons. The molecule has 0 aliphatic heterocycles. The minimum atomic E-state index is -3.49. The molecule has 6 nitrogen and oxygen atoms in total. The Bertz CT molecular complexity index is 681. The van der Waals surface area contributed by atoms with Gasteiger partial charge < -0.3 is 10.1 Å². The zero-order valence-electron chi connectivity index (χ0n) is 11.8. The van der Waals surface area contributed by atoms with Crippen molar-refractivity contribution >= 4 is 21.4 Å². The number of aromatic nitrogens is 1. The summed E-state index contributed by atoms with van der Waals surface area (Å²) in [6.07, 6.45) is 1.59. The molecule has 2 aromatic rings. The lowest BCUT2D eigenvalue weighted by molar-refractivity contribution is 0.397. The average Bonchev–Trinajstić information content (AvgIpc) is 2.96. The average molecular weight is 327 g/mol. The van der Waals surface area contributed by atoms with Gasteiger partial charge in [-0.3, -0.25) is 0 Å². The monoisotopic (exact) mass is 327 g/mol. The van der Waals surface area contributed by atoms with Gasteiger partial charge in [0.25, 0.3) is 0 Å². The number of hydrogen-bond donors (Lipinski definition) is 2. The molecule has 0 aliphatic carbocycles. The molecule has 21 heavy (non-hydrogen) atoms. The maximum Gasteiger partial charge on any atom is 0.250 e. The molecular formula is C13H17N3O3S2. The van der Waals surface area contributed by atoms with Crippen LogP contribution in [-0.2, 0) is 23.1 Å². The van der Waals surface area contributed by atoms with E-state index in [1.54, 1.807) is 24.4 Å². The highest BCUT2D eigenvalue weighted by Crippen LogP contribution is 2.20. The number of hydrogen-bond acceptors (Lipinski definition) is 6. The van der Waals surface area contributed by atoms with Gasteiger partial charge in [-0.2, -0.15) is 0 Å². The molecule has 0 saturated heterocycles. The van der Waals surface area contributed by atoms with Gasteiger partial charge in [0.05, 0.1) is 7.11 Å². The number of sulfonamides is 1. The van der Waals surface area contributed by atoms with Crippen LogP contribution in [0, 0.1) is 0 Å². The van der Waals surface area contributed by atoms with Crippen LogP contribution in [0.1, 0.15) is 11.1 Å². The van der Waals surface area contributed by atoms with E-state index in [4.69, 9.17) is 4.74 Å². The van der Waals surface area contributed by atoms with Gasteiger partial charge in [-0.05, 0) is 29.6 Å². The van der Waals surface area contributed by atoms with E-state index in [9.17, 15) is 8.42 Å². The van der Waals surface area contributed by atoms with Crippen molar-refractivity contribution in [1.29, 1.82) is 0 Å². The molecule has 0 radical (unpaired) electrons. The standard InChI is InChI=1S/C13H17N3O3S2/c1-14-6-11-5-13(20-9-11)21(17,18)16-8-10-3-4-12(19-2)15-7-10/h3-5,7,9,14,16H,6,8H2,1-2H3. The molecule has 0 atom stereocenters. The summed E-state index contributed by atoms with van der Waals surface area (Å²) in [6, 6.07) is 5.14. The van der Waals surface area contributed by atoms with Gasteiger partial charge in [-0.1, -0.05) is 6.07 Å². The third-order valence-electron chi connectivity index (χ3n) is 2.75. The maximum atomic E-state index is 12.2. The predicted octanol–water partition coefficient (Wildman–Crippen LogP) is 1.35. The van der Waals surface area contributed by atoms with Crippen molar-refractivity contribution in [3.05, 3.63) is 40.9 Å². The molecule has 0 aromatic carbocycles. The summed E-state index contributed by atoms with van der Waals surface area (Å²) in [4.78, 5) is 4.04. The van der Waals surface area contributed by atoms with Crippen LogP contribution in [0.2, 0.25) is 0 Å². The summed E-state index contributed by atoms with van der Waals surface area (Å²) in [5.74, 6) is 0.497. The summed E-state index contributed by atoms with van der Waals surface area (Å²) in [7, 11) is -0.138. The van der Waals surface area contributed by atoms with Crippen molar-refractivity contribution in [2.24, 2.45) is 0 Å². The number of thiophene rings is 1. The highest BCUT2D eigenvalue weighted by molar-refractivity contribution is 7.91. The molecule has 0 unspecified atom stereocenters. The SMILES string of the molecule is CNCc1csc(S(=O)(=O)NCc2ccc(OC)nc2)c1. The van der Waals surface area contributed by atoms with Crippen molar-refractivity contribution in [3.63, 3.8) is 0 Å². The first-order valence-corrected chi connectivity index (χ1v) is 8.62. The van der Waals surface area contributed by atoms with Gasteiger partial charge in [0.15, 0.2) is 0 Å². The minimum Gasteiger partial charge on any atom is -0.481 e. The van der Waals surface area contributed by atoms with E-state index in [1.807, 2.05) is 12.4 Å². The van der Waals surface area contributed by atoms with Gasteiger partial charge in [0.1, 0.15) is 4.21 Å². The lowest BCUT2D eigenvalue weighted by Crippen LogP contribution is -2.22. The molecular weight excluding hydrogens is 310 g/mol. The van der Waals surface area contributed by atoms with E-state index in [-0.39, 0.29) is 6.54 Å². The van der Waals surface area contributed by atoms with Crippen LogP contribution in [0.15, 0.2) is 34.0 Å². The first kappa shape index (κ1) is 15.9. The Balaban J connectivity index is 2.02. The Labute approximate surface area is 128 Å². The second-order valence-corrected chi connectivity index (χ2v) is 7.24. The molecule has 8 heteroatoms. The summed E-state index contributed by atoms with van der Waals surface area (Å²) < 4.78 is 32.2. The first-order chi connectivity index (χ1) is 10.0. The van der Waals surface area contributed by atoms with Gasteiger partial charge in [0, 0.05) is 25.4 Å². The van der Waals surface area contributed by atoms with Crippen LogP contribution >= 0.6 is 11.3 Å². The lowest BCUT2D eigenvalue weighted by Gasteiger charge is -2.05. The molecule has 2 aromatic heterocycles. The summed E-state index contributed by atoms with van der Waals surface area (Å²) in [5.41, 5.74) is 1.72. The third kappa shape index (κ3) is 4.24. The van der Waals surface area contributed by atoms with Crippen LogP contribution < -0.4 is 14.8 Å². The lowest BCUT2D eigenvalue weighted by atomic mass is 10.3. The van der Waals surface area contributed by atoms with Crippen molar-refractivity contribution < 1.29 is 13.2 Å². The van der Waals surface area contributed by atoms with Crippen LogP contribution in [-0.4, -0.2) is 27.6 Å². The van der Waals surface area contributed by atoms with Gasteiger partial charge >= 0.3 is 0 Å². The molecule has 0 fully saturated rings. The van der Waals surface area contributed by atoms with E-state index in [2.05, 4.69) is 15.0 Å². The van der Waals surface area contributed by atoms with Crippen molar-refractivity contribution in [2.75, 3.05) is 14.2 Å². The number of ether oxygens (including phenoxy) is 1. The largest absolute Gasteiger partial charge is 0.481 e. The maximum absolute atomic E-state index is 12.2.